The molecule has 2 aromatic rings. The topological polar surface area (TPSA) is 120 Å². The summed E-state index contributed by atoms with van der Waals surface area (Å²) in [4.78, 5) is 48.4. The summed E-state index contributed by atoms with van der Waals surface area (Å²) in [5.74, 6) is -0.718. The van der Waals surface area contributed by atoms with Gasteiger partial charge in [-0.2, -0.15) is 0 Å². The van der Waals surface area contributed by atoms with E-state index in [1.165, 1.54) is 0 Å². The maximum absolute atomic E-state index is 12.7. The van der Waals surface area contributed by atoms with Crippen LogP contribution in [0.25, 0.3) is 0 Å². The smallest absolute Gasteiger partial charge is 0.407 e. The van der Waals surface area contributed by atoms with Crippen LogP contribution in [-0.4, -0.2) is 48.6 Å². The number of nitrogens with one attached hydrogen (secondary N) is 2. The zero-order valence-corrected chi connectivity index (χ0v) is 20.7. The minimum atomic E-state index is -0.762. The Morgan fingerprint density at radius 1 is 0.914 bits per heavy atom. The predicted molar refractivity (Wildman–Crippen MR) is 129 cm³/mol. The summed E-state index contributed by atoms with van der Waals surface area (Å²) in [7, 11) is 0. The molecule has 0 aliphatic heterocycles. The number of carbonyl (C=O) groups excluding carboxylic acids is 4. The normalized spacial score (nSPS) is 11.7. The Morgan fingerprint density at radius 2 is 1.51 bits per heavy atom. The van der Waals surface area contributed by atoms with E-state index in [-0.39, 0.29) is 25.5 Å². The third-order valence-electron chi connectivity index (χ3n) is 4.59. The van der Waals surface area contributed by atoms with Crippen molar-refractivity contribution in [3.8, 4) is 5.75 Å². The maximum atomic E-state index is 12.7. The van der Waals surface area contributed by atoms with E-state index >= 15 is 0 Å². The first-order valence-electron chi connectivity index (χ1n) is 11.3. The highest BCUT2D eigenvalue weighted by molar-refractivity contribution is 6.04. The van der Waals surface area contributed by atoms with Crippen molar-refractivity contribution in [3.05, 3.63) is 65.2 Å². The molecule has 2 amide bonds. The van der Waals surface area contributed by atoms with Gasteiger partial charge in [0.25, 0.3) is 5.91 Å². The zero-order valence-electron chi connectivity index (χ0n) is 20.7. The van der Waals surface area contributed by atoms with E-state index in [2.05, 4.69) is 10.6 Å². The van der Waals surface area contributed by atoms with E-state index in [0.29, 0.717) is 16.9 Å². The number of benzene rings is 2. The van der Waals surface area contributed by atoms with Crippen LogP contribution < -0.4 is 15.4 Å². The van der Waals surface area contributed by atoms with Crippen molar-refractivity contribution in [1.82, 2.24) is 10.6 Å². The summed E-state index contributed by atoms with van der Waals surface area (Å²) in [6.45, 7) is 8.96. The van der Waals surface area contributed by atoms with E-state index in [1.807, 2.05) is 0 Å². The molecule has 2 N–H and O–H groups in total. The molecule has 0 aromatic heterocycles. The maximum Gasteiger partial charge on any atom is 0.407 e. The molecule has 0 aliphatic carbocycles. The van der Waals surface area contributed by atoms with Gasteiger partial charge in [0.05, 0.1) is 12.6 Å². The van der Waals surface area contributed by atoms with Crippen molar-refractivity contribution >= 4 is 23.8 Å². The Kier molecular flexibility index (Phi) is 9.81. The van der Waals surface area contributed by atoms with E-state index < -0.39 is 29.6 Å². The summed E-state index contributed by atoms with van der Waals surface area (Å²) in [5.41, 5.74) is 0.986. The van der Waals surface area contributed by atoms with Gasteiger partial charge in [-0.1, -0.05) is 12.1 Å². The second-order valence-corrected chi connectivity index (χ2v) is 8.73. The largest absolute Gasteiger partial charge is 0.482 e. The molecule has 0 bridgehead atoms. The first-order chi connectivity index (χ1) is 16.5. The first kappa shape index (κ1) is 27.4. The van der Waals surface area contributed by atoms with Crippen LogP contribution in [0.5, 0.6) is 5.75 Å². The van der Waals surface area contributed by atoms with Crippen molar-refractivity contribution in [1.29, 1.82) is 0 Å². The van der Waals surface area contributed by atoms with E-state index in [4.69, 9.17) is 14.2 Å². The van der Waals surface area contributed by atoms with Crippen LogP contribution in [0.1, 0.15) is 60.9 Å². The van der Waals surface area contributed by atoms with Gasteiger partial charge in [0.1, 0.15) is 11.4 Å². The number of esters is 1. The average Bonchev–Trinajstić information content (AvgIpc) is 2.80. The highest BCUT2D eigenvalue weighted by Crippen LogP contribution is 2.14. The van der Waals surface area contributed by atoms with Gasteiger partial charge in [0.2, 0.25) is 0 Å². The van der Waals surface area contributed by atoms with Crippen LogP contribution in [0.2, 0.25) is 0 Å². The highest BCUT2D eigenvalue weighted by Gasteiger charge is 2.19. The number of rotatable bonds is 10. The lowest BCUT2D eigenvalue weighted by Crippen LogP contribution is -2.38. The van der Waals surface area contributed by atoms with Gasteiger partial charge in [0.15, 0.2) is 12.4 Å². The molecule has 0 spiro atoms. The number of alkyl carbamates (subject to hydrolysis) is 1. The van der Waals surface area contributed by atoms with Crippen molar-refractivity contribution < 1.29 is 33.4 Å². The van der Waals surface area contributed by atoms with Crippen molar-refractivity contribution in [2.45, 2.75) is 52.8 Å². The lowest BCUT2D eigenvalue weighted by molar-refractivity contribution is -0.145. The third kappa shape index (κ3) is 9.48. The molecule has 1 atom stereocenters. The molecule has 2 rings (SSSR count). The second-order valence-electron chi connectivity index (χ2n) is 8.73. The second kappa shape index (κ2) is 12.5. The van der Waals surface area contributed by atoms with Crippen molar-refractivity contribution in [2.75, 3.05) is 13.2 Å². The van der Waals surface area contributed by atoms with E-state index in [1.54, 1.807) is 83.1 Å². The Bertz CT molecular complexity index is 1030. The number of amides is 2. The number of ether oxygens (including phenoxy) is 3. The van der Waals surface area contributed by atoms with Gasteiger partial charge in [-0.15, -0.1) is 0 Å². The molecule has 0 saturated carbocycles. The third-order valence-corrected chi connectivity index (χ3v) is 4.59. The molecule has 0 aliphatic rings. The van der Waals surface area contributed by atoms with Crippen LogP contribution in [0.4, 0.5) is 4.79 Å². The number of ketones is 1. The van der Waals surface area contributed by atoms with Gasteiger partial charge in [-0.3, -0.25) is 9.59 Å². The molecule has 0 radical (unpaired) electrons. The number of Topliss-reactive ketones (excluding diaryl/α,β-unsaturated/α-hetero) is 1. The van der Waals surface area contributed by atoms with Crippen molar-refractivity contribution in [3.63, 3.8) is 0 Å². The van der Waals surface area contributed by atoms with Gasteiger partial charge < -0.3 is 24.8 Å². The van der Waals surface area contributed by atoms with Crippen LogP contribution in [0.3, 0.4) is 0 Å². The molecule has 0 fully saturated rings. The summed E-state index contributed by atoms with van der Waals surface area (Å²) in [5, 5.41) is 5.34. The molecule has 2 aromatic carbocycles. The van der Waals surface area contributed by atoms with Gasteiger partial charge >= 0.3 is 12.1 Å². The molecule has 0 saturated heterocycles. The molecule has 188 valence electrons. The van der Waals surface area contributed by atoms with Gasteiger partial charge in [0, 0.05) is 17.7 Å². The standard InChI is InChI=1S/C26H32N2O7/c1-6-33-22(29)16-34-21-13-11-19(12-14-21)23(30)17(2)28-24(31)20-9-7-18(8-10-20)15-27-25(32)35-26(3,4)5/h7-14,17H,6,15-16H2,1-5H3,(H,27,32)(H,28,31)/t17-/m0/s1. The highest BCUT2D eigenvalue weighted by atomic mass is 16.6. The summed E-state index contributed by atoms with van der Waals surface area (Å²) >= 11 is 0. The molecule has 9 nitrogen and oxygen atoms in total. The molecule has 35 heavy (non-hydrogen) atoms. The quantitative estimate of drug-likeness (QED) is 0.390. The molecular weight excluding hydrogens is 452 g/mol. The summed E-state index contributed by atoms with van der Waals surface area (Å²) in [6, 6.07) is 12.2. The predicted octanol–water partition coefficient (Wildman–Crippen LogP) is 3.65. The van der Waals surface area contributed by atoms with Crippen LogP contribution >= 0.6 is 0 Å². The molecule has 9 heteroatoms. The van der Waals surface area contributed by atoms with Crippen molar-refractivity contribution in [2.24, 2.45) is 0 Å². The van der Waals surface area contributed by atoms with E-state index in [9.17, 15) is 19.2 Å². The van der Waals surface area contributed by atoms with E-state index in [0.717, 1.165) is 5.56 Å². The fourth-order valence-electron chi connectivity index (χ4n) is 2.92. The lowest BCUT2D eigenvalue weighted by atomic mass is 10.0. The number of hydrogen-bond donors (Lipinski definition) is 2. The average molecular weight is 485 g/mol. The summed E-state index contributed by atoms with van der Waals surface area (Å²) < 4.78 is 15.3. The Hall–Kier alpha value is -3.88. The number of hydrogen-bond acceptors (Lipinski definition) is 7. The van der Waals surface area contributed by atoms with Crippen LogP contribution in [0.15, 0.2) is 48.5 Å². The lowest BCUT2D eigenvalue weighted by Gasteiger charge is -2.19. The minimum Gasteiger partial charge on any atom is -0.482 e. The summed E-state index contributed by atoms with van der Waals surface area (Å²) in [6.07, 6.45) is -0.523. The minimum absolute atomic E-state index is 0.219. The molecule has 0 unspecified atom stereocenters. The SMILES string of the molecule is CCOC(=O)COc1ccc(C(=O)[C@H](C)NC(=O)c2ccc(CNC(=O)OC(C)(C)C)cc2)cc1. The number of carbonyl (C=O) groups is 4. The Balaban J connectivity index is 1.86. The van der Waals surface area contributed by atoms with Gasteiger partial charge in [-0.05, 0) is 76.6 Å². The monoisotopic (exact) mass is 484 g/mol. The Labute approximate surface area is 205 Å². The molecular formula is C26H32N2O7. The van der Waals surface area contributed by atoms with Gasteiger partial charge in [-0.25, -0.2) is 9.59 Å². The zero-order chi connectivity index (χ0) is 26.0. The Morgan fingerprint density at radius 3 is 2.09 bits per heavy atom. The first-order valence-corrected chi connectivity index (χ1v) is 11.3. The van der Waals surface area contributed by atoms with Crippen LogP contribution in [-0.2, 0) is 20.8 Å². The fraction of sp³-hybridized carbons (Fsp3) is 0.385. The van der Waals surface area contributed by atoms with Crippen LogP contribution in [0, 0.1) is 0 Å². The molecule has 0 heterocycles. The fourth-order valence-corrected chi connectivity index (χ4v) is 2.92.